The Morgan fingerprint density at radius 2 is 2.22 bits per heavy atom. The van der Waals surface area contributed by atoms with Crippen LogP contribution in [-0.4, -0.2) is 9.97 Å². The van der Waals surface area contributed by atoms with Crippen LogP contribution in [0.25, 0.3) is 0 Å². The third kappa shape index (κ3) is 4.80. The summed E-state index contributed by atoms with van der Waals surface area (Å²) < 4.78 is 0. The molecule has 1 aromatic heterocycles. The quantitative estimate of drug-likeness (QED) is 0.400. The molecule has 0 saturated carbocycles. The summed E-state index contributed by atoms with van der Waals surface area (Å²) in [7, 11) is 4.49. The van der Waals surface area contributed by atoms with E-state index in [0.717, 1.165) is 0 Å². The summed E-state index contributed by atoms with van der Waals surface area (Å²) in [6.07, 6.45) is 4.05. The zero-order chi connectivity index (χ0) is 7.11. The Morgan fingerprint density at radius 1 is 1.56 bits per heavy atom. The van der Waals surface area contributed by atoms with Crippen LogP contribution in [0.2, 0.25) is 5.28 Å². The van der Waals surface area contributed by atoms with Gasteiger partial charge < -0.3 is 9.97 Å². The third-order valence-corrected chi connectivity index (χ3v) is 0.669. The molecule has 1 rings (SSSR count). The van der Waals surface area contributed by atoms with E-state index in [-0.39, 0.29) is 5.28 Å². The first-order valence-corrected chi connectivity index (χ1v) is 4.24. The van der Waals surface area contributed by atoms with Crippen molar-refractivity contribution in [1.82, 2.24) is 9.97 Å². The van der Waals surface area contributed by atoms with Gasteiger partial charge in [-0.15, -0.1) is 17.7 Å². The van der Waals surface area contributed by atoms with Gasteiger partial charge in [0.15, 0.2) is 0 Å². The van der Waals surface area contributed by atoms with Crippen molar-refractivity contribution in [3.05, 3.63) is 23.7 Å². The van der Waals surface area contributed by atoms with Crippen LogP contribution in [0.1, 0.15) is 0 Å². The number of nitrogens with zero attached hydrogens (tertiary/aromatic N) is 2. The predicted molar refractivity (Wildman–Crippen MR) is 31.7 cm³/mol. The van der Waals surface area contributed by atoms with Crippen LogP contribution in [0.5, 0.6) is 0 Å². The van der Waals surface area contributed by atoms with Gasteiger partial charge in [-0.25, -0.2) is 0 Å². The fourth-order valence-corrected chi connectivity index (χ4v) is 0.357. The molecule has 2 nitrogen and oxygen atoms in total. The summed E-state index contributed by atoms with van der Waals surface area (Å²) in [5.41, 5.74) is 0. The normalized spacial score (nSPS) is 7.56. The van der Waals surface area contributed by atoms with Gasteiger partial charge in [0.25, 0.3) is 0 Å². The van der Waals surface area contributed by atoms with E-state index in [1.807, 2.05) is 0 Å². The van der Waals surface area contributed by atoms with Gasteiger partial charge in [0, 0.05) is 0 Å². The van der Waals surface area contributed by atoms with Crippen LogP contribution in [-0.2, 0) is 18.2 Å². The van der Waals surface area contributed by atoms with E-state index in [1.54, 1.807) is 6.07 Å². The topological polar surface area (TPSA) is 25.8 Å². The van der Waals surface area contributed by atoms with Crippen LogP contribution in [0, 0.1) is 6.20 Å². The third-order valence-electron chi connectivity index (χ3n) is 0.487. The Kier molecular flexibility index (Phi) is 6.67. The van der Waals surface area contributed by atoms with Crippen molar-refractivity contribution in [3.63, 3.8) is 0 Å². The van der Waals surface area contributed by atoms with E-state index < -0.39 is 0 Å². The molecule has 0 spiro atoms. The second kappa shape index (κ2) is 6.44. The van der Waals surface area contributed by atoms with Gasteiger partial charge in [-0.2, -0.15) is 0 Å². The van der Waals surface area contributed by atoms with Gasteiger partial charge in [0.1, 0.15) is 5.28 Å². The van der Waals surface area contributed by atoms with Crippen LogP contribution in [0.4, 0.5) is 0 Å². The summed E-state index contributed by atoms with van der Waals surface area (Å²) in [6.45, 7) is 0. The monoisotopic (exact) mass is 254 g/mol. The number of hydrogen-bond donors (Lipinski definition) is 0. The number of halogens is 2. The van der Waals surface area contributed by atoms with Crippen molar-refractivity contribution < 1.29 is 18.2 Å². The minimum atomic E-state index is 0.238. The maximum atomic E-state index is 5.29. The first-order chi connectivity index (χ1) is 4.39. The molecule has 9 heavy (non-hydrogen) atoms. The molecule has 0 bridgehead atoms. The molecule has 0 radical (unpaired) electrons. The van der Waals surface area contributed by atoms with Gasteiger partial charge >= 0.3 is 27.7 Å². The summed E-state index contributed by atoms with van der Waals surface area (Å²) in [5.74, 6) is 0. The summed E-state index contributed by atoms with van der Waals surface area (Å²) >= 11 is 7.51. The van der Waals surface area contributed by atoms with E-state index in [4.69, 9.17) is 11.6 Å². The van der Waals surface area contributed by atoms with E-state index in [2.05, 4.69) is 43.9 Å². The van der Waals surface area contributed by atoms with Crippen LogP contribution in [0.15, 0.2) is 12.3 Å². The zero-order valence-electron chi connectivity index (χ0n) is 4.12. The molecule has 0 amide bonds. The SMILES string of the molecule is Clc1n[c-]ccn1.[Cl][Pd+]. The molecule has 1 aromatic rings. The van der Waals surface area contributed by atoms with E-state index in [0.29, 0.717) is 0 Å². The number of rotatable bonds is 0. The van der Waals surface area contributed by atoms with Crippen molar-refractivity contribution in [2.24, 2.45) is 0 Å². The van der Waals surface area contributed by atoms with Gasteiger partial charge in [0.05, 0.1) is 0 Å². The second-order valence-corrected chi connectivity index (χ2v) is 1.29. The molecule has 0 unspecified atom stereocenters. The fourth-order valence-electron chi connectivity index (χ4n) is 0.252. The number of hydrogen-bond acceptors (Lipinski definition) is 2. The molecule has 52 valence electrons. The van der Waals surface area contributed by atoms with Crippen molar-refractivity contribution in [1.29, 1.82) is 0 Å². The predicted octanol–water partition coefficient (Wildman–Crippen LogP) is 1.62. The van der Waals surface area contributed by atoms with Crippen LogP contribution >= 0.6 is 21.1 Å². The first-order valence-electron chi connectivity index (χ1n) is 1.86. The average molecular weight is 255 g/mol. The maximum absolute atomic E-state index is 5.29. The van der Waals surface area contributed by atoms with Gasteiger partial charge in [-0.1, -0.05) is 12.4 Å². The molecule has 1 heterocycles. The molecule has 0 fully saturated rings. The summed E-state index contributed by atoms with van der Waals surface area (Å²) in [4.78, 5) is 7.11. The Labute approximate surface area is 73.0 Å². The molecule has 0 aliphatic rings. The molecule has 0 aliphatic carbocycles. The summed E-state index contributed by atoms with van der Waals surface area (Å²) in [6, 6.07) is 1.59. The first kappa shape index (κ1) is 9.32. The van der Waals surface area contributed by atoms with Crippen molar-refractivity contribution in [3.8, 4) is 0 Å². The Balaban J connectivity index is 0.000000291. The van der Waals surface area contributed by atoms with E-state index in [1.165, 1.54) is 6.20 Å². The van der Waals surface area contributed by atoms with Gasteiger partial charge in [-0.3, -0.25) is 0 Å². The molecular formula is C4H2Cl2N2Pd. The number of aromatic nitrogens is 2. The van der Waals surface area contributed by atoms with E-state index in [9.17, 15) is 0 Å². The standard InChI is InChI=1S/C4H2ClN2.ClH.Pd/c5-4-6-2-1-3-7-4;;/h1-2H;1H;/q-1;;+2/p-1. The minimum absolute atomic E-state index is 0.238. The van der Waals surface area contributed by atoms with Crippen LogP contribution < -0.4 is 0 Å². The molecule has 0 aliphatic heterocycles. The molecule has 0 saturated heterocycles. The zero-order valence-corrected chi connectivity index (χ0v) is 7.19. The second-order valence-electron chi connectivity index (χ2n) is 0.955. The Bertz CT molecular complexity index is 146. The Hall–Kier alpha value is 0.322. The molecular weight excluding hydrogens is 253 g/mol. The average Bonchev–Trinajstić information content (AvgIpc) is 1.94. The van der Waals surface area contributed by atoms with Gasteiger partial charge in [-0.05, 0) is 0 Å². The molecule has 0 N–H and O–H groups in total. The Morgan fingerprint density at radius 3 is 2.44 bits per heavy atom. The molecule has 0 atom stereocenters. The van der Waals surface area contributed by atoms with Crippen LogP contribution in [0.3, 0.4) is 0 Å². The van der Waals surface area contributed by atoms with Crippen molar-refractivity contribution in [2.45, 2.75) is 0 Å². The molecule has 5 heteroatoms. The summed E-state index contributed by atoms with van der Waals surface area (Å²) in [5, 5.41) is 0.238. The van der Waals surface area contributed by atoms with Crippen molar-refractivity contribution in [2.75, 3.05) is 0 Å². The fraction of sp³-hybridized carbons (Fsp3) is 0. The van der Waals surface area contributed by atoms with E-state index >= 15 is 0 Å². The van der Waals surface area contributed by atoms with Crippen molar-refractivity contribution >= 4 is 21.1 Å². The van der Waals surface area contributed by atoms with Gasteiger partial charge in [0.2, 0.25) is 0 Å². The molecule has 0 aromatic carbocycles.